The Labute approximate surface area is 111 Å². The molecule has 0 radical (unpaired) electrons. The summed E-state index contributed by atoms with van der Waals surface area (Å²) in [7, 11) is 0. The Bertz CT molecular complexity index is 299. The summed E-state index contributed by atoms with van der Waals surface area (Å²) >= 11 is 0. The molecule has 1 aliphatic heterocycles. The molecule has 1 saturated heterocycles. The van der Waals surface area contributed by atoms with Crippen LogP contribution < -0.4 is 0 Å². The first-order valence-electron chi connectivity index (χ1n) is 7.53. The molecule has 0 aromatic rings. The highest BCUT2D eigenvalue weighted by atomic mass is 16.3. The molecule has 2 rings (SSSR count). The summed E-state index contributed by atoms with van der Waals surface area (Å²) in [4.78, 5) is 2.54. The fourth-order valence-electron chi connectivity index (χ4n) is 3.74. The molecule has 102 valence electrons. The van der Waals surface area contributed by atoms with Gasteiger partial charge in [-0.1, -0.05) is 13.3 Å². The SMILES string of the molecule is CCC1CCC(C#N)C(N2CCC(CCO)C2)C1. The van der Waals surface area contributed by atoms with E-state index in [1.807, 2.05) is 0 Å². The third-order valence-corrected chi connectivity index (χ3v) is 4.99. The van der Waals surface area contributed by atoms with Gasteiger partial charge in [-0.15, -0.1) is 0 Å². The first-order valence-corrected chi connectivity index (χ1v) is 7.53. The van der Waals surface area contributed by atoms with Crippen molar-refractivity contribution < 1.29 is 5.11 Å². The van der Waals surface area contributed by atoms with Crippen LogP contribution in [-0.2, 0) is 0 Å². The van der Waals surface area contributed by atoms with Crippen LogP contribution in [0.4, 0.5) is 0 Å². The highest BCUT2D eigenvalue weighted by Gasteiger charge is 2.36. The second kappa shape index (κ2) is 6.54. The van der Waals surface area contributed by atoms with Gasteiger partial charge in [0.1, 0.15) is 0 Å². The maximum atomic E-state index is 9.33. The van der Waals surface area contributed by atoms with Gasteiger partial charge in [-0.2, -0.15) is 5.26 Å². The number of rotatable bonds is 4. The van der Waals surface area contributed by atoms with Crippen molar-refractivity contribution in [1.82, 2.24) is 4.90 Å². The van der Waals surface area contributed by atoms with E-state index in [9.17, 15) is 5.26 Å². The Kier molecular flexibility index (Phi) is 5.03. The number of hydrogen-bond acceptors (Lipinski definition) is 3. The lowest BCUT2D eigenvalue weighted by Gasteiger charge is -2.38. The summed E-state index contributed by atoms with van der Waals surface area (Å²) in [6.45, 7) is 4.80. The zero-order valence-electron chi connectivity index (χ0n) is 11.5. The average Bonchev–Trinajstić information content (AvgIpc) is 2.87. The van der Waals surface area contributed by atoms with Gasteiger partial charge >= 0.3 is 0 Å². The minimum atomic E-state index is 0.237. The third-order valence-electron chi connectivity index (χ3n) is 4.99. The second-order valence-electron chi connectivity index (χ2n) is 6.05. The molecule has 2 fully saturated rings. The highest BCUT2D eigenvalue weighted by molar-refractivity contribution is 4.99. The lowest BCUT2D eigenvalue weighted by atomic mass is 9.77. The predicted octanol–water partition coefficient (Wildman–Crippen LogP) is 2.41. The molecule has 0 aromatic carbocycles. The first kappa shape index (κ1) is 13.8. The minimum Gasteiger partial charge on any atom is -0.396 e. The second-order valence-corrected chi connectivity index (χ2v) is 6.05. The molecule has 1 saturated carbocycles. The molecule has 3 heteroatoms. The van der Waals surface area contributed by atoms with Gasteiger partial charge in [0.05, 0.1) is 12.0 Å². The minimum absolute atomic E-state index is 0.237. The van der Waals surface area contributed by atoms with Crippen molar-refractivity contribution in [3.8, 4) is 6.07 Å². The molecule has 0 amide bonds. The summed E-state index contributed by atoms with van der Waals surface area (Å²) in [6.07, 6.45) is 6.91. The van der Waals surface area contributed by atoms with Crippen LogP contribution in [0.15, 0.2) is 0 Å². The van der Waals surface area contributed by atoms with Gasteiger partial charge in [0.25, 0.3) is 0 Å². The molecule has 2 aliphatic rings. The molecule has 4 unspecified atom stereocenters. The number of aliphatic hydroxyl groups is 1. The zero-order chi connectivity index (χ0) is 13.0. The molecular weight excluding hydrogens is 224 g/mol. The zero-order valence-corrected chi connectivity index (χ0v) is 11.5. The van der Waals surface area contributed by atoms with Crippen LogP contribution in [0.5, 0.6) is 0 Å². The molecule has 0 spiro atoms. The normalized spacial score (nSPS) is 37.6. The van der Waals surface area contributed by atoms with Gasteiger partial charge in [-0.05, 0) is 50.5 Å². The van der Waals surface area contributed by atoms with Crippen LogP contribution in [-0.4, -0.2) is 35.7 Å². The van der Waals surface area contributed by atoms with E-state index in [1.165, 1.54) is 25.7 Å². The molecule has 1 aliphatic carbocycles. The number of likely N-dealkylation sites (tertiary alicyclic amines) is 1. The van der Waals surface area contributed by atoms with Crippen molar-refractivity contribution in [2.45, 2.75) is 51.5 Å². The van der Waals surface area contributed by atoms with Crippen LogP contribution in [0.25, 0.3) is 0 Å². The summed E-state index contributed by atoms with van der Waals surface area (Å²) in [5, 5.41) is 18.4. The number of hydrogen-bond donors (Lipinski definition) is 1. The number of aliphatic hydroxyl groups excluding tert-OH is 1. The van der Waals surface area contributed by atoms with E-state index in [0.717, 1.165) is 31.8 Å². The molecule has 1 N–H and O–H groups in total. The molecule has 18 heavy (non-hydrogen) atoms. The van der Waals surface area contributed by atoms with Crippen LogP contribution in [0.3, 0.4) is 0 Å². The Hall–Kier alpha value is -0.590. The summed E-state index contributed by atoms with van der Waals surface area (Å²) < 4.78 is 0. The Morgan fingerprint density at radius 3 is 2.78 bits per heavy atom. The van der Waals surface area contributed by atoms with Crippen molar-refractivity contribution in [1.29, 1.82) is 5.26 Å². The lowest BCUT2D eigenvalue weighted by molar-refractivity contribution is 0.117. The fraction of sp³-hybridized carbons (Fsp3) is 0.933. The topological polar surface area (TPSA) is 47.3 Å². The van der Waals surface area contributed by atoms with Crippen molar-refractivity contribution in [3.63, 3.8) is 0 Å². The maximum Gasteiger partial charge on any atom is 0.0672 e. The third kappa shape index (κ3) is 3.05. The maximum absolute atomic E-state index is 9.33. The number of nitrogens with zero attached hydrogens (tertiary/aromatic N) is 2. The summed E-state index contributed by atoms with van der Waals surface area (Å²) in [5.74, 6) is 1.70. The van der Waals surface area contributed by atoms with Gasteiger partial charge in [0.2, 0.25) is 0 Å². The highest BCUT2D eigenvalue weighted by Crippen LogP contribution is 2.36. The quantitative estimate of drug-likeness (QED) is 0.833. The van der Waals surface area contributed by atoms with Gasteiger partial charge in [-0.25, -0.2) is 0 Å². The Morgan fingerprint density at radius 1 is 1.28 bits per heavy atom. The summed E-state index contributed by atoms with van der Waals surface area (Å²) in [6, 6.07) is 3.02. The van der Waals surface area contributed by atoms with Crippen molar-refractivity contribution in [3.05, 3.63) is 0 Å². The van der Waals surface area contributed by atoms with E-state index in [4.69, 9.17) is 5.11 Å². The molecule has 0 bridgehead atoms. The number of nitriles is 1. The van der Waals surface area contributed by atoms with Gasteiger partial charge in [-0.3, -0.25) is 4.90 Å². The van der Waals surface area contributed by atoms with E-state index in [-0.39, 0.29) is 5.92 Å². The molecule has 1 heterocycles. The van der Waals surface area contributed by atoms with Crippen LogP contribution in [0.1, 0.15) is 45.4 Å². The Balaban J connectivity index is 1.94. The van der Waals surface area contributed by atoms with E-state index < -0.39 is 0 Å². The van der Waals surface area contributed by atoms with Gasteiger partial charge in [0.15, 0.2) is 0 Å². The predicted molar refractivity (Wildman–Crippen MR) is 71.9 cm³/mol. The molecule has 4 atom stereocenters. The van der Waals surface area contributed by atoms with E-state index in [0.29, 0.717) is 18.6 Å². The van der Waals surface area contributed by atoms with Gasteiger partial charge < -0.3 is 5.11 Å². The standard InChI is InChI=1S/C15H26N2O/c1-2-12-3-4-14(10-16)15(9-12)17-7-5-13(11-17)6-8-18/h12-15,18H,2-9,11H2,1H3. The van der Waals surface area contributed by atoms with Crippen molar-refractivity contribution in [2.75, 3.05) is 19.7 Å². The smallest absolute Gasteiger partial charge is 0.0672 e. The van der Waals surface area contributed by atoms with Crippen molar-refractivity contribution >= 4 is 0 Å². The largest absolute Gasteiger partial charge is 0.396 e. The monoisotopic (exact) mass is 250 g/mol. The first-order chi connectivity index (χ1) is 8.78. The average molecular weight is 250 g/mol. The molecule has 0 aromatic heterocycles. The van der Waals surface area contributed by atoms with Crippen molar-refractivity contribution in [2.24, 2.45) is 17.8 Å². The molecule has 3 nitrogen and oxygen atoms in total. The van der Waals surface area contributed by atoms with E-state index in [1.54, 1.807) is 0 Å². The lowest BCUT2D eigenvalue weighted by Crippen LogP contribution is -2.42. The van der Waals surface area contributed by atoms with Gasteiger partial charge in [0, 0.05) is 19.2 Å². The molecular formula is C15H26N2O. The van der Waals surface area contributed by atoms with Crippen LogP contribution >= 0.6 is 0 Å². The summed E-state index contributed by atoms with van der Waals surface area (Å²) in [5.41, 5.74) is 0. The Morgan fingerprint density at radius 2 is 2.11 bits per heavy atom. The van der Waals surface area contributed by atoms with E-state index >= 15 is 0 Å². The van der Waals surface area contributed by atoms with E-state index in [2.05, 4.69) is 17.9 Å². The van der Waals surface area contributed by atoms with Crippen LogP contribution in [0.2, 0.25) is 0 Å². The van der Waals surface area contributed by atoms with Crippen LogP contribution in [0, 0.1) is 29.1 Å². The fourth-order valence-corrected chi connectivity index (χ4v) is 3.74.